The van der Waals surface area contributed by atoms with Crippen LogP contribution < -0.4 is 10.4 Å². The van der Waals surface area contributed by atoms with E-state index in [0.29, 0.717) is 0 Å². The van der Waals surface area contributed by atoms with Crippen molar-refractivity contribution in [3.63, 3.8) is 0 Å². The maximum atomic E-state index is 12.6. The quantitative estimate of drug-likeness (QED) is 0.482. The van der Waals surface area contributed by atoms with Crippen molar-refractivity contribution < 1.29 is 4.79 Å². The molecule has 0 aliphatic rings. The molecule has 0 aliphatic heterocycles. The summed E-state index contributed by atoms with van der Waals surface area (Å²) in [6.07, 6.45) is 1.19. The number of benzene rings is 3. The highest BCUT2D eigenvalue weighted by molar-refractivity contribution is 7.06. The Morgan fingerprint density at radius 3 is 1.42 bits per heavy atom. The van der Waals surface area contributed by atoms with Gasteiger partial charge in [0.2, 0.25) is 0 Å². The van der Waals surface area contributed by atoms with Crippen molar-refractivity contribution in [2.75, 3.05) is 0 Å². The lowest BCUT2D eigenvalue weighted by atomic mass is 10.1. The van der Waals surface area contributed by atoms with E-state index in [-0.39, 0.29) is 10.6 Å². The van der Waals surface area contributed by atoms with Crippen LogP contribution in [0.5, 0.6) is 0 Å². The molecule has 0 saturated carbocycles. The number of hydrogen-bond acceptors (Lipinski definition) is 1. The zero-order chi connectivity index (χ0) is 18.6. The van der Waals surface area contributed by atoms with E-state index in [0.717, 1.165) is 5.56 Å². The number of hydrogen-bond donors (Lipinski definition) is 0. The third-order valence-electron chi connectivity index (χ3n) is 5.40. The van der Waals surface area contributed by atoms with Gasteiger partial charge in [0.05, 0.1) is 0 Å². The maximum Gasteiger partial charge on any atom is 0.137 e. The molecule has 2 heteroatoms. The first-order chi connectivity index (χ1) is 12.5. The summed E-state index contributed by atoms with van der Waals surface area (Å²) in [6.45, 7) is 6.87. The molecule has 0 unspecified atom stereocenters. The Hall–Kier alpha value is -2.45. The molecular formula is C24H26OSi. The van der Waals surface area contributed by atoms with Gasteiger partial charge in [0.15, 0.2) is 0 Å². The molecule has 3 rings (SSSR count). The summed E-state index contributed by atoms with van der Waals surface area (Å²) in [5.74, 6) is 0. The molecule has 3 aromatic rings. The molecule has 132 valence electrons. The van der Waals surface area contributed by atoms with E-state index in [1.54, 1.807) is 0 Å². The fourth-order valence-electron chi connectivity index (χ4n) is 4.35. The van der Waals surface area contributed by atoms with Crippen LogP contribution in [0, 0.1) is 0 Å². The highest BCUT2D eigenvalue weighted by Crippen LogP contribution is 2.43. The van der Waals surface area contributed by atoms with E-state index in [9.17, 15) is 4.79 Å². The van der Waals surface area contributed by atoms with Gasteiger partial charge >= 0.3 is 0 Å². The largest absolute Gasteiger partial charge is 0.303 e. The number of carbonyl (C=O) groups is 1. The van der Waals surface area contributed by atoms with E-state index < -0.39 is 8.07 Å². The Labute approximate surface area is 157 Å². The fraction of sp³-hybridized carbons (Fsp3) is 0.208. The molecule has 0 fully saturated rings. The average molecular weight is 359 g/mol. The van der Waals surface area contributed by atoms with Crippen molar-refractivity contribution in [3.05, 3.63) is 96.6 Å². The van der Waals surface area contributed by atoms with Crippen molar-refractivity contribution >= 4 is 24.7 Å². The van der Waals surface area contributed by atoms with Gasteiger partial charge in [-0.25, -0.2) is 0 Å². The van der Waals surface area contributed by atoms with E-state index >= 15 is 0 Å². The molecular weight excluding hydrogens is 332 g/mol. The van der Waals surface area contributed by atoms with E-state index in [2.05, 4.69) is 93.6 Å². The van der Waals surface area contributed by atoms with Crippen LogP contribution in [0.3, 0.4) is 0 Å². The summed E-state index contributed by atoms with van der Waals surface area (Å²) in [4.78, 5) is 12.6. The summed E-state index contributed by atoms with van der Waals surface area (Å²) < 4.78 is 0. The number of carbonyl (C=O) groups excluding carboxylic acids is 1. The van der Waals surface area contributed by atoms with Crippen molar-refractivity contribution in [2.24, 2.45) is 0 Å². The van der Waals surface area contributed by atoms with Gasteiger partial charge in [0.25, 0.3) is 0 Å². The minimum absolute atomic E-state index is 0.0445. The molecule has 1 nitrogen and oxygen atoms in total. The Balaban J connectivity index is 2.40. The molecule has 0 bridgehead atoms. The predicted molar refractivity (Wildman–Crippen MR) is 113 cm³/mol. The van der Waals surface area contributed by atoms with Crippen molar-refractivity contribution in [1.82, 2.24) is 0 Å². The van der Waals surface area contributed by atoms with Crippen LogP contribution in [-0.2, 0) is 4.79 Å². The van der Waals surface area contributed by atoms with Gasteiger partial charge in [-0.15, -0.1) is 0 Å². The Kier molecular flexibility index (Phi) is 5.24. The van der Waals surface area contributed by atoms with E-state index in [1.165, 1.54) is 16.7 Å². The lowest BCUT2D eigenvalue weighted by Gasteiger charge is -2.47. The van der Waals surface area contributed by atoms with Crippen LogP contribution in [0.4, 0.5) is 0 Å². The molecule has 0 radical (unpaired) electrons. The van der Waals surface area contributed by atoms with Crippen LogP contribution in [0.1, 0.15) is 31.9 Å². The lowest BCUT2D eigenvalue weighted by Crippen LogP contribution is -2.68. The zero-order valence-corrected chi connectivity index (χ0v) is 16.7. The lowest BCUT2D eigenvalue weighted by molar-refractivity contribution is -0.107. The summed E-state index contributed by atoms with van der Waals surface area (Å²) in [5.41, 5.74) is 0.963. The van der Waals surface area contributed by atoms with Gasteiger partial charge in [-0.2, -0.15) is 0 Å². The second-order valence-corrected chi connectivity index (χ2v) is 12.7. The SMILES string of the molecule is CC(C)(C)[Si](c1ccccc1)(c1ccccc1)[C@H](C=O)c1ccccc1. The van der Waals surface area contributed by atoms with Gasteiger partial charge in [-0.05, 0) is 10.6 Å². The fourth-order valence-corrected chi connectivity index (χ4v) is 10.4. The molecule has 0 amide bonds. The number of rotatable bonds is 5. The first-order valence-electron chi connectivity index (χ1n) is 9.13. The Morgan fingerprint density at radius 2 is 1.08 bits per heavy atom. The van der Waals surface area contributed by atoms with Gasteiger partial charge in [-0.3, -0.25) is 0 Å². The van der Waals surface area contributed by atoms with Crippen molar-refractivity contribution in [3.8, 4) is 0 Å². The Morgan fingerprint density at radius 1 is 0.692 bits per heavy atom. The molecule has 0 aliphatic carbocycles. The van der Waals surface area contributed by atoms with Gasteiger partial charge in [0, 0.05) is 5.54 Å². The molecule has 3 aromatic carbocycles. The summed E-state index contributed by atoms with van der Waals surface area (Å²) in [6, 6.07) is 31.6. The molecule has 0 aromatic heterocycles. The highest BCUT2D eigenvalue weighted by atomic mass is 28.3. The predicted octanol–water partition coefficient (Wildman–Crippen LogP) is 4.57. The topological polar surface area (TPSA) is 17.1 Å². The second-order valence-electron chi connectivity index (χ2n) is 7.81. The first-order valence-corrected chi connectivity index (χ1v) is 11.2. The van der Waals surface area contributed by atoms with Crippen LogP contribution >= 0.6 is 0 Å². The third kappa shape index (κ3) is 3.06. The summed E-state index contributed by atoms with van der Waals surface area (Å²) in [5, 5.41) is 2.57. The van der Waals surface area contributed by atoms with Crippen LogP contribution in [0.2, 0.25) is 5.04 Å². The third-order valence-corrected chi connectivity index (χ3v) is 11.7. The van der Waals surface area contributed by atoms with Crippen molar-refractivity contribution in [1.29, 1.82) is 0 Å². The van der Waals surface area contributed by atoms with Crippen molar-refractivity contribution in [2.45, 2.75) is 31.4 Å². The second kappa shape index (κ2) is 7.43. The Bertz CT molecular complexity index is 796. The standard InChI is InChI=1S/C24H26OSi/c1-24(2,3)26(21-15-9-5-10-16-21,22-17-11-6-12-18-22)23(19-25)20-13-7-4-8-14-20/h4-19,23H,1-3H3/t23-/m1/s1. The molecule has 26 heavy (non-hydrogen) atoms. The normalized spacial score (nSPS) is 13.2. The summed E-state index contributed by atoms with van der Waals surface area (Å²) in [7, 11) is -2.49. The summed E-state index contributed by atoms with van der Waals surface area (Å²) >= 11 is 0. The van der Waals surface area contributed by atoms with Gasteiger partial charge in [-0.1, -0.05) is 122 Å². The molecule has 0 heterocycles. The molecule has 1 atom stereocenters. The molecule has 0 saturated heterocycles. The minimum atomic E-state index is -2.49. The highest BCUT2D eigenvalue weighted by Gasteiger charge is 2.53. The van der Waals surface area contributed by atoms with Gasteiger partial charge in [0.1, 0.15) is 14.4 Å². The first kappa shape index (κ1) is 18.3. The van der Waals surface area contributed by atoms with Crippen LogP contribution in [0.25, 0.3) is 0 Å². The zero-order valence-electron chi connectivity index (χ0n) is 15.7. The smallest absolute Gasteiger partial charge is 0.137 e. The average Bonchev–Trinajstić information content (AvgIpc) is 2.67. The number of aldehydes is 1. The van der Waals surface area contributed by atoms with Gasteiger partial charge < -0.3 is 4.79 Å². The maximum absolute atomic E-state index is 12.6. The van der Waals surface area contributed by atoms with Crippen LogP contribution in [-0.4, -0.2) is 14.4 Å². The molecule has 0 N–H and O–H groups in total. The van der Waals surface area contributed by atoms with E-state index in [4.69, 9.17) is 0 Å². The molecule has 0 spiro atoms. The monoisotopic (exact) mass is 358 g/mol. The van der Waals surface area contributed by atoms with Crippen LogP contribution in [0.15, 0.2) is 91.0 Å². The minimum Gasteiger partial charge on any atom is -0.303 e. The van der Waals surface area contributed by atoms with E-state index in [1.807, 2.05) is 18.2 Å².